The van der Waals surface area contributed by atoms with E-state index in [1.807, 2.05) is 0 Å². The fourth-order valence-electron chi connectivity index (χ4n) is 3.51. The SMILES string of the molecule is CN1CCC(C2(CN)CCC(F)(F)CC2)CC1. The van der Waals surface area contributed by atoms with E-state index < -0.39 is 5.92 Å². The third-order valence-electron chi connectivity index (χ3n) is 4.97. The predicted molar refractivity (Wildman–Crippen MR) is 65.1 cm³/mol. The second kappa shape index (κ2) is 4.81. The first kappa shape index (κ1) is 13.2. The first-order valence-corrected chi connectivity index (χ1v) is 6.74. The number of hydrogen-bond donors (Lipinski definition) is 1. The predicted octanol–water partition coefficient (Wildman–Crippen LogP) is 2.48. The number of halogens is 2. The van der Waals surface area contributed by atoms with Gasteiger partial charge in [-0.05, 0) is 63.7 Å². The van der Waals surface area contributed by atoms with Crippen LogP contribution in [0.25, 0.3) is 0 Å². The molecular weight excluding hydrogens is 222 g/mol. The number of alkyl halides is 2. The van der Waals surface area contributed by atoms with Gasteiger partial charge in [-0.1, -0.05) is 0 Å². The smallest absolute Gasteiger partial charge is 0.248 e. The molecule has 0 spiro atoms. The van der Waals surface area contributed by atoms with Crippen molar-refractivity contribution < 1.29 is 8.78 Å². The maximum absolute atomic E-state index is 13.3. The topological polar surface area (TPSA) is 29.3 Å². The molecule has 1 aliphatic carbocycles. The number of piperidine rings is 1. The molecule has 1 aliphatic heterocycles. The molecule has 0 radical (unpaired) electrons. The van der Waals surface area contributed by atoms with Crippen LogP contribution >= 0.6 is 0 Å². The molecule has 2 aliphatic rings. The normalized spacial score (nSPS) is 30.4. The zero-order valence-electron chi connectivity index (χ0n) is 10.7. The van der Waals surface area contributed by atoms with Crippen LogP contribution in [0, 0.1) is 11.3 Å². The zero-order valence-corrected chi connectivity index (χ0v) is 10.7. The number of nitrogens with two attached hydrogens (primary N) is 1. The molecule has 1 saturated heterocycles. The first-order valence-electron chi connectivity index (χ1n) is 6.74. The lowest BCUT2D eigenvalue weighted by molar-refractivity contribution is -0.0843. The zero-order chi connectivity index (χ0) is 12.5. The van der Waals surface area contributed by atoms with Crippen molar-refractivity contribution in [2.24, 2.45) is 17.1 Å². The molecule has 100 valence electrons. The highest BCUT2D eigenvalue weighted by atomic mass is 19.3. The summed E-state index contributed by atoms with van der Waals surface area (Å²) in [5.74, 6) is -1.88. The van der Waals surface area contributed by atoms with Crippen molar-refractivity contribution in [3.63, 3.8) is 0 Å². The summed E-state index contributed by atoms with van der Waals surface area (Å²) in [5.41, 5.74) is 5.94. The molecule has 1 saturated carbocycles. The highest BCUT2D eigenvalue weighted by Gasteiger charge is 2.46. The van der Waals surface area contributed by atoms with Gasteiger partial charge in [-0.25, -0.2) is 8.78 Å². The van der Waals surface area contributed by atoms with Crippen LogP contribution < -0.4 is 5.73 Å². The van der Waals surface area contributed by atoms with Crippen LogP contribution in [0.4, 0.5) is 8.78 Å². The molecule has 17 heavy (non-hydrogen) atoms. The monoisotopic (exact) mass is 246 g/mol. The van der Waals surface area contributed by atoms with E-state index in [2.05, 4.69) is 11.9 Å². The Hall–Kier alpha value is -0.220. The van der Waals surface area contributed by atoms with E-state index in [-0.39, 0.29) is 18.3 Å². The van der Waals surface area contributed by atoms with E-state index in [1.54, 1.807) is 0 Å². The molecule has 4 heteroatoms. The van der Waals surface area contributed by atoms with Gasteiger partial charge in [0.05, 0.1) is 0 Å². The minimum absolute atomic E-state index is 0.00292. The van der Waals surface area contributed by atoms with E-state index >= 15 is 0 Å². The van der Waals surface area contributed by atoms with Gasteiger partial charge in [0.15, 0.2) is 0 Å². The molecule has 0 unspecified atom stereocenters. The highest BCUT2D eigenvalue weighted by molar-refractivity contribution is 4.95. The summed E-state index contributed by atoms with van der Waals surface area (Å²) < 4.78 is 26.5. The van der Waals surface area contributed by atoms with Gasteiger partial charge in [0.1, 0.15) is 0 Å². The summed E-state index contributed by atoms with van der Waals surface area (Å²) in [6.45, 7) is 2.75. The van der Waals surface area contributed by atoms with Crippen molar-refractivity contribution in [1.29, 1.82) is 0 Å². The maximum atomic E-state index is 13.3. The quantitative estimate of drug-likeness (QED) is 0.811. The number of hydrogen-bond acceptors (Lipinski definition) is 2. The molecule has 0 aromatic rings. The molecule has 0 aromatic carbocycles. The van der Waals surface area contributed by atoms with Gasteiger partial charge in [-0.15, -0.1) is 0 Å². The number of nitrogens with zero attached hydrogens (tertiary/aromatic N) is 1. The Balaban J connectivity index is 2.00. The van der Waals surface area contributed by atoms with Gasteiger partial charge in [-0.2, -0.15) is 0 Å². The van der Waals surface area contributed by atoms with Gasteiger partial charge in [0.2, 0.25) is 5.92 Å². The molecule has 1 heterocycles. The highest BCUT2D eigenvalue weighted by Crippen LogP contribution is 2.49. The van der Waals surface area contributed by atoms with E-state index in [9.17, 15) is 8.78 Å². The Morgan fingerprint density at radius 2 is 1.65 bits per heavy atom. The fourth-order valence-corrected chi connectivity index (χ4v) is 3.51. The van der Waals surface area contributed by atoms with Crippen molar-refractivity contribution in [1.82, 2.24) is 4.90 Å². The molecule has 2 N–H and O–H groups in total. The van der Waals surface area contributed by atoms with E-state index in [0.717, 1.165) is 25.9 Å². The molecule has 2 fully saturated rings. The lowest BCUT2D eigenvalue weighted by atomic mass is 9.62. The van der Waals surface area contributed by atoms with Crippen molar-refractivity contribution >= 4 is 0 Å². The summed E-state index contributed by atoms with van der Waals surface area (Å²) in [5, 5.41) is 0. The van der Waals surface area contributed by atoms with Gasteiger partial charge in [-0.3, -0.25) is 0 Å². The van der Waals surface area contributed by atoms with E-state index in [4.69, 9.17) is 5.73 Å². The maximum Gasteiger partial charge on any atom is 0.248 e. The van der Waals surface area contributed by atoms with Crippen LogP contribution in [0.1, 0.15) is 38.5 Å². The Labute approximate surface area is 103 Å². The van der Waals surface area contributed by atoms with Crippen LogP contribution in [0.2, 0.25) is 0 Å². The van der Waals surface area contributed by atoms with Gasteiger partial charge >= 0.3 is 0 Å². The number of rotatable bonds is 2. The summed E-state index contributed by atoms with van der Waals surface area (Å²) in [7, 11) is 2.13. The van der Waals surface area contributed by atoms with Gasteiger partial charge in [0.25, 0.3) is 0 Å². The van der Waals surface area contributed by atoms with Crippen molar-refractivity contribution in [2.45, 2.75) is 44.4 Å². The Bertz CT molecular complexity index is 250. The van der Waals surface area contributed by atoms with Crippen LogP contribution in [0.15, 0.2) is 0 Å². The van der Waals surface area contributed by atoms with Gasteiger partial charge in [0, 0.05) is 12.8 Å². The summed E-state index contributed by atoms with van der Waals surface area (Å²) >= 11 is 0. The third kappa shape index (κ3) is 2.79. The standard InChI is InChI=1S/C13H24F2N2/c1-17-8-2-11(3-9-17)12(10-16)4-6-13(14,15)7-5-12/h11H,2-10,16H2,1H3. The molecule has 0 atom stereocenters. The minimum atomic E-state index is -2.44. The molecule has 0 bridgehead atoms. The lowest BCUT2D eigenvalue weighted by Gasteiger charge is -2.47. The van der Waals surface area contributed by atoms with E-state index in [0.29, 0.717) is 25.3 Å². The minimum Gasteiger partial charge on any atom is -0.330 e. The van der Waals surface area contributed by atoms with Crippen molar-refractivity contribution in [3.05, 3.63) is 0 Å². The molecule has 0 aromatic heterocycles. The van der Waals surface area contributed by atoms with Crippen LogP contribution in [-0.2, 0) is 0 Å². The number of likely N-dealkylation sites (tertiary alicyclic amines) is 1. The summed E-state index contributed by atoms with van der Waals surface area (Å²) in [6, 6.07) is 0. The van der Waals surface area contributed by atoms with Crippen LogP contribution in [-0.4, -0.2) is 37.5 Å². The Morgan fingerprint density at radius 3 is 2.12 bits per heavy atom. The van der Waals surface area contributed by atoms with Gasteiger partial charge < -0.3 is 10.6 Å². The lowest BCUT2D eigenvalue weighted by Crippen LogP contribution is -2.47. The Morgan fingerprint density at radius 1 is 1.12 bits per heavy atom. The Kier molecular flexibility index (Phi) is 3.74. The molecule has 0 amide bonds. The average molecular weight is 246 g/mol. The summed E-state index contributed by atoms with van der Waals surface area (Å²) in [6.07, 6.45) is 3.56. The largest absolute Gasteiger partial charge is 0.330 e. The van der Waals surface area contributed by atoms with Crippen molar-refractivity contribution in [2.75, 3.05) is 26.7 Å². The average Bonchev–Trinajstić information content (AvgIpc) is 2.31. The van der Waals surface area contributed by atoms with E-state index in [1.165, 1.54) is 0 Å². The van der Waals surface area contributed by atoms with Crippen LogP contribution in [0.5, 0.6) is 0 Å². The molecule has 2 rings (SSSR count). The van der Waals surface area contributed by atoms with Crippen molar-refractivity contribution in [3.8, 4) is 0 Å². The fraction of sp³-hybridized carbons (Fsp3) is 1.00. The first-order chi connectivity index (χ1) is 7.97. The van der Waals surface area contributed by atoms with Crippen LogP contribution in [0.3, 0.4) is 0 Å². The second-order valence-electron chi connectivity index (χ2n) is 6.00. The summed E-state index contributed by atoms with van der Waals surface area (Å²) in [4.78, 5) is 2.32. The molecular formula is C13H24F2N2. The molecule has 2 nitrogen and oxygen atoms in total. The third-order valence-corrected chi connectivity index (χ3v) is 4.97. The second-order valence-corrected chi connectivity index (χ2v) is 6.00.